The van der Waals surface area contributed by atoms with Gasteiger partial charge in [-0.15, -0.1) is 15.8 Å². The third-order valence-electron chi connectivity index (χ3n) is 3.46. The van der Waals surface area contributed by atoms with Gasteiger partial charge in [-0.25, -0.2) is 0 Å². The summed E-state index contributed by atoms with van der Waals surface area (Å²) in [6.07, 6.45) is 17.0. The van der Waals surface area contributed by atoms with Gasteiger partial charge in [0, 0.05) is 0 Å². The molecule has 15 heavy (non-hydrogen) atoms. The molecular formula is C13H28P2. The van der Waals surface area contributed by atoms with Crippen molar-refractivity contribution in [2.24, 2.45) is 0 Å². The van der Waals surface area contributed by atoms with Gasteiger partial charge >= 0.3 is 0 Å². The largest absolute Gasteiger partial charge is 0.107 e. The molecule has 1 atom stereocenters. The maximum Gasteiger partial charge on any atom is -0.0286 e. The van der Waals surface area contributed by atoms with E-state index in [9.17, 15) is 0 Å². The van der Waals surface area contributed by atoms with Gasteiger partial charge in [0.15, 0.2) is 0 Å². The molecule has 0 N–H and O–H groups in total. The lowest BCUT2D eigenvalue weighted by atomic mass is 10.3. The molecule has 2 heteroatoms. The van der Waals surface area contributed by atoms with E-state index in [0.717, 1.165) is 0 Å². The molecule has 0 nitrogen and oxygen atoms in total. The highest BCUT2D eigenvalue weighted by Gasteiger charge is 2.14. The summed E-state index contributed by atoms with van der Waals surface area (Å²) in [5.41, 5.74) is 0. The third-order valence-corrected chi connectivity index (χ3v) is 9.26. The summed E-state index contributed by atoms with van der Waals surface area (Å²) in [5, 5.41) is 0. The van der Waals surface area contributed by atoms with Gasteiger partial charge in [0.1, 0.15) is 0 Å². The molecule has 0 aliphatic carbocycles. The minimum Gasteiger partial charge on any atom is -0.107 e. The molecule has 1 aliphatic rings. The summed E-state index contributed by atoms with van der Waals surface area (Å²) in [7, 11) is 0.918. The normalized spacial score (nSPS) is 20.4. The topological polar surface area (TPSA) is 0 Å². The summed E-state index contributed by atoms with van der Waals surface area (Å²) >= 11 is 0. The zero-order valence-electron chi connectivity index (χ0n) is 10.7. The van der Waals surface area contributed by atoms with Gasteiger partial charge in [-0.1, -0.05) is 26.7 Å². The van der Waals surface area contributed by atoms with Crippen molar-refractivity contribution >= 4 is 15.8 Å². The van der Waals surface area contributed by atoms with E-state index in [0.29, 0.717) is 15.8 Å². The van der Waals surface area contributed by atoms with Gasteiger partial charge in [0.05, 0.1) is 0 Å². The number of unbranched alkanes of at least 4 members (excludes halogenated alkanes) is 1. The van der Waals surface area contributed by atoms with E-state index in [1.54, 1.807) is 43.7 Å². The summed E-state index contributed by atoms with van der Waals surface area (Å²) in [4.78, 5) is 0. The van der Waals surface area contributed by atoms with Crippen LogP contribution in [0.3, 0.4) is 0 Å². The van der Waals surface area contributed by atoms with Gasteiger partial charge < -0.3 is 0 Å². The monoisotopic (exact) mass is 246 g/mol. The standard InChI is InChI=1S/C13H28P2/c1-3-5-9-14(4-2)12-13-15-10-7-6-8-11-15/h3-13H2,1-2H3. The Hall–Kier alpha value is 0.860. The molecular weight excluding hydrogens is 218 g/mol. The second kappa shape index (κ2) is 8.95. The van der Waals surface area contributed by atoms with Crippen LogP contribution in [0.25, 0.3) is 0 Å². The Morgan fingerprint density at radius 3 is 2.33 bits per heavy atom. The smallest absolute Gasteiger partial charge is 0.0286 e. The summed E-state index contributed by atoms with van der Waals surface area (Å²) in [6.45, 7) is 4.74. The molecule has 0 aromatic heterocycles. The lowest BCUT2D eigenvalue weighted by Gasteiger charge is -2.24. The zero-order chi connectivity index (χ0) is 10.9. The van der Waals surface area contributed by atoms with Crippen LogP contribution in [0.15, 0.2) is 0 Å². The third kappa shape index (κ3) is 6.23. The van der Waals surface area contributed by atoms with E-state index in [1.165, 1.54) is 25.4 Å². The van der Waals surface area contributed by atoms with Crippen molar-refractivity contribution in [3.63, 3.8) is 0 Å². The van der Waals surface area contributed by atoms with Crippen LogP contribution in [-0.2, 0) is 0 Å². The Labute approximate surface area is 99.1 Å². The van der Waals surface area contributed by atoms with Crippen molar-refractivity contribution in [3.05, 3.63) is 0 Å². The Morgan fingerprint density at radius 2 is 1.73 bits per heavy atom. The lowest BCUT2D eigenvalue weighted by molar-refractivity contribution is 0.752. The Bertz CT molecular complexity index is 141. The van der Waals surface area contributed by atoms with Crippen LogP contribution in [0, 0.1) is 0 Å². The molecule has 1 rings (SSSR count). The maximum atomic E-state index is 2.41. The average molecular weight is 246 g/mol. The second-order valence-electron chi connectivity index (χ2n) is 4.69. The Morgan fingerprint density at radius 1 is 1.00 bits per heavy atom. The minimum atomic E-state index is 0.427. The molecule has 0 amide bonds. The number of hydrogen-bond acceptors (Lipinski definition) is 0. The van der Waals surface area contributed by atoms with Gasteiger partial charge in [-0.3, -0.25) is 0 Å². The quantitative estimate of drug-likeness (QED) is 0.557. The van der Waals surface area contributed by atoms with E-state index in [-0.39, 0.29) is 0 Å². The van der Waals surface area contributed by atoms with Gasteiger partial charge in [0.2, 0.25) is 0 Å². The van der Waals surface area contributed by atoms with Crippen molar-refractivity contribution in [2.75, 3.05) is 37.0 Å². The van der Waals surface area contributed by atoms with Gasteiger partial charge in [0.25, 0.3) is 0 Å². The second-order valence-corrected chi connectivity index (χ2v) is 10.2. The Kier molecular flexibility index (Phi) is 8.31. The molecule has 1 fully saturated rings. The van der Waals surface area contributed by atoms with Crippen molar-refractivity contribution in [1.29, 1.82) is 0 Å². The molecule has 1 unspecified atom stereocenters. The van der Waals surface area contributed by atoms with Gasteiger partial charge in [-0.2, -0.15) is 0 Å². The van der Waals surface area contributed by atoms with E-state index in [2.05, 4.69) is 13.8 Å². The molecule has 0 spiro atoms. The highest BCUT2D eigenvalue weighted by Crippen LogP contribution is 2.46. The fraction of sp³-hybridized carbons (Fsp3) is 1.00. The van der Waals surface area contributed by atoms with Crippen molar-refractivity contribution in [2.45, 2.75) is 46.0 Å². The predicted molar refractivity (Wildman–Crippen MR) is 77.5 cm³/mol. The number of rotatable bonds is 7. The summed E-state index contributed by atoms with van der Waals surface area (Å²) < 4.78 is 0. The van der Waals surface area contributed by atoms with Crippen LogP contribution in [0.4, 0.5) is 0 Å². The van der Waals surface area contributed by atoms with E-state index >= 15 is 0 Å². The fourth-order valence-corrected chi connectivity index (χ4v) is 8.17. The van der Waals surface area contributed by atoms with E-state index in [4.69, 9.17) is 0 Å². The van der Waals surface area contributed by atoms with Crippen LogP contribution >= 0.6 is 15.8 Å². The fourth-order valence-electron chi connectivity index (χ4n) is 2.28. The van der Waals surface area contributed by atoms with Crippen molar-refractivity contribution in [1.82, 2.24) is 0 Å². The van der Waals surface area contributed by atoms with Crippen LogP contribution in [0.5, 0.6) is 0 Å². The average Bonchev–Trinajstić information content (AvgIpc) is 2.31. The molecule has 0 saturated carbocycles. The molecule has 90 valence electrons. The predicted octanol–water partition coefficient (Wildman–Crippen LogP) is 4.95. The highest BCUT2D eigenvalue weighted by atomic mass is 31.1. The van der Waals surface area contributed by atoms with E-state index < -0.39 is 0 Å². The van der Waals surface area contributed by atoms with E-state index in [1.807, 2.05) is 0 Å². The number of hydrogen-bond donors (Lipinski definition) is 0. The first kappa shape index (κ1) is 13.9. The van der Waals surface area contributed by atoms with Crippen LogP contribution < -0.4 is 0 Å². The van der Waals surface area contributed by atoms with Crippen LogP contribution in [-0.4, -0.2) is 37.0 Å². The molecule has 0 bridgehead atoms. The molecule has 0 aromatic carbocycles. The first-order chi connectivity index (χ1) is 7.36. The first-order valence-electron chi connectivity index (χ1n) is 6.81. The summed E-state index contributed by atoms with van der Waals surface area (Å²) in [5.74, 6) is 0. The first-order valence-corrected chi connectivity index (χ1v) is 10.6. The summed E-state index contributed by atoms with van der Waals surface area (Å²) in [6, 6.07) is 0. The van der Waals surface area contributed by atoms with Crippen molar-refractivity contribution < 1.29 is 0 Å². The molecule has 1 heterocycles. The molecule has 0 radical (unpaired) electrons. The SMILES string of the molecule is CCCCP(CC)CCP1CCCCC1. The molecule has 1 saturated heterocycles. The van der Waals surface area contributed by atoms with Crippen LogP contribution in [0.2, 0.25) is 0 Å². The lowest BCUT2D eigenvalue weighted by Crippen LogP contribution is -2.05. The Balaban J connectivity index is 2.09. The van der Waals surface area contributed by atoms with Crippen LogP contribution in [0.1, 0.15) is 46.0 Å². The zero-order valence-corrected chi connectivity index (χ0v) is 12.5. The van der Waals surface area contributed by atoms with Gasteiger partial charge in [-0.05, 0) is 56.2 Å². The minimum absolute atomic E-state index is 0.427. The molecule has 0 aromatic rings. The highest BCUT2D eigenvalue weighted by molar-refractivity contribution is 7.61. The molecule has 1 aliphatic heterocycles. The van der Waals surface area contributed by atoms with Crippen molar-refractivity contribution in [3.8, 4) is 0 Å². The maximum absolute atomic E-state index is 2.41.